The summed E-state index contributed by atoms with van der Waals surface area (Å²) in [5.41, 5.74) is 0. The third-order valence-electron chi connectivity index (χ3n) is 1.65. The first-order valence-electron chi connectivity index (χ1n) is 4.03. The molecule has 1 N–H and O–H groups in total. The van der Waals surface area contributed by atoms with E-state index in [0.29, 0.717) is 0 Å². The molecule has 0 spiro atoms. The molecule has 0 bridgehead atoms. The van der Waals surface area contributed by atoms with Crippen molar-refractivity contribution in [2.24, 2.45) is 10.9 Å². The Morgan fingerprint density at radius 3 is 2.69 bits per heavy atom. The summed E-state index contributed by atoms with van der Waals surface area (Å²) in [6.07, 6.45) is 0.210. The maximum absolute atomic E-state index is 11.1. The topological polar surface area (TPSA) is 58.5 Å². The molecule has 13 heavy (non-hydrogen) atoms. The Labute approximate surface area is 77.7 Å². The molecular weight excluding hydrogens is 168 g/mol. The molecule has 0 saturated carbocycles. The van der Waals surface area contributed by atoms with E-state index >= 15 is 0 Å². The number of ketones is 1. The fraction of sp³-hybridized carbons (Fsp3) is 0.556. The van der Waals surface area contributed by atoms with Gasteiger partial charge in [0.1, 0.15) is 12.5 Å². The van der Waals surface area contributed by atoms with Crippen LogP contribution in [0.1, 0.15) is 20.3 Å². The first kappa shape index (κ1) is 11.6. The standard InChI is InChI=1S/C9H14N2O2/c1-4-10-6-11-9(13)5-7(2)8(3)12/h7H,1,5-6H2,2-3H3,(H,11,13). The smallest absolute Gasteiger partial charge is 0.222 e. The van der Waals surface area contributed by atoms with Gasteiger partial charge >= 0.3 is 0 Å². The Morgan fingerprint density at radius 1 is 1.62 bits per heavy atom. The predicted octanol–water partition coefficient (Wildman–Crippen LogP) is 0.531. The van der Waals surface area contributed by atoms with E-state index in [0.717, 1.165) is 0 Å². The highest BCUT2D eigenvalue weighted by Crippen LogP contribution is 2.01. The van der Waals surface area contributed by atoms with Crippen LogP contribution >= 0.6 is 0 Å². The molecule has 0 fully saturated rings. The molecule has 0 radical (unpaired) electrons. The number of nitrogens with zero attached hydrogens (tertiary/aromatic N) is 1. The van der Waals surface area contributed by atoms with Crippen molar-refractivity contribution >= 4 is 17.6 Å². The van der Waals surface area contributed by atoms with Gasteiger partial charge in [0.05, 0.1) is 0 Å². The lowest BCUT2D eigenvalue weighted by Gasteiger charge is -2.05. The van der Waals surface area contributed by atoms with Crippen molar-refractivity contribution in [2.45, 2.75) is 20.3 Å². The Bertz CT molecular complexity index is 242. The van der Waals surface area contributed by atoms with E-state index < -0.39 is 0 Å². The number of nitrogens with one attached hydrogen (secondary N) is 1. The second-order valence-corrected chi connectivity index (χ2v) is 2.79. The lowest BCUT2D eigenvalue weighted by atomic mass is 10.0. The van der Waals surface area contributed by atoms with E-state index in [4.69, 9.17) is 0 Å². The van der Waals surface area contributed by atoms with Gasteiger partial charge in [-0.3, -0.25) is 9.59 Å². The molecule has 0 aliphatic rings. The first-order chi connectivity index (χ1) is 6.07. The maximum atomic E-state index is 11.1. The molecule has 4 heteroatoms. The summed E-state index contributed by atoms with van der Waals surface area (Å²) in [5.74, 6) is 1.90. The fourth-order valence-corrected chi connectivity index (χ4v) is 0.678. The number of rotatable bonds is 5. The van der Waals surface area contributed by atoms with Crippen molar-refractivity contribution in [1.82, 2.24) is 5.32 Å². The average Bonchev–Trinajstić information content (AvgIpc) is 2.04. The predicted molar refractivity (Wildman–Crippen MR) is 50.5 cm³/mol. The average molecular weight is 182 g/mol. The van der Waals surface area contributed by atoms with Crippen LogP contribution in [-0.4, -0.2) is 24.2 Å². The van der Waals surface area contributed by atoms with Crippen LogP contribution in [0.25, 0.3) is 0 Å². The third-order valence-corrected chi connectivity index (χ3v) is 1.65. The van der Waals surface area contributed by atoms with Crippen molar-refractivity contribution in [3.63, 3.8) is 0 Å². The number of carbonyl (C=O) groups is 2. The Hall–Kier alpha value is -1.41. The number of carbonyl (C=O) groups excluding carboxylic acids is 2. The summed E-state index contributed by atoms with van der Waals surface area (Å²) >= 11 is 0. The molecule has 0 heterocycles. The lowest BCUT2D eigenvalue weighted by molar-refractivity contribution is -0.127. The highest BCUT2D eigenvalue weighted by atomic mass is 16.2. The van der Waals surface area contributed by atoms with Gasteiger partial charge in [0.15, 0.2) is 0 Å². The molecule has 0 aliphatic heterocycles. The monoisotopic (exact) mass is 182 g/mol. The second-order valence-electron chi connectivity index (χ2n) is 2.79. The SMILES string of the molecule is C=C=NCNC(=O)CC(C)C(C)=O. The van der Waals surface area contributed by atoms with E-state index in [9.17, 15) is 9.59 Å². The number of hydrogen-bond acceptors (Lipinski definition) is 3. The number of amides is 1. The van der Waals surface area contributed by atoms with E-state index in [1.165, 1.54) is 6.92 Å². The van der Waals surface area contributed by atoms with Crippen LogP contribution in [0.4, 0.5) is 0 Å². The van der Waals surface area contributed by atoms with Gasteiger partial charge in [-0.15, -0.1) is 0 Å². The van der Waals surface area contributed by atoms with Crippen molar-refractivity contribution in [1.29, 1.82) is 0 Å². The second kappa shape index (κ2) is 6.14. The van der Waals surface area contributed by atoms with Crippen molar-refractivity contribution in [3.8, 4) is 0 Å². The van der Waals surface area contributed by atoms with Gasteiger partial charge in [0.2, 0.25) is 5.91 Å². The molecule has 0 aromatic carbocycles. The number of aliphatic imine (C=N–C) groups is 1. The number of hydrogen-bond donors (Lipinski definition) is 1. The third kappa shape index (κ3) is 5.82. The molecule has 0 aliphatic carbocycles. The van der Waals surface area contributed by atoms with Crippen LogP contribution < -0.4 is 5.32 Å². The van der Waals surface area contributed by atoms with Gasteiger partial charge in [-0.1, -0.05) is 6.92 Å². The fourth-order valence-electron chi connectivity index (χ4n) is 0.678. The minimum atomic E-state index is -0.229. The van der Waals surface area contributed by atoms with Crippen LogP contribution in [0.5, 0.6) is 0 Å². The van der Waals surface area contributed by atoms with Crippen LogP contribution in [0, 0.1) is 5.92 Å². The Balaban J connectivity index is 3.74. The minimum Gasteiger partial charge on any atom is -0.336 e. The summed E-state index contributed by atoms with van der Waals surface area (Å²) in [6, 6.07) is 0. The molecule has 4 nitrogen and oxygen atoms in total. The normalized spacial score (nSPS) is 11.2. The minimum absolute atomic E-state index is 0.0161. The molecule has 1 atom stereocenters. The van der Waals surface area contributed by atoms with Crippen LogP contribution in [0.3, 0.4) is 0 Å². The zero-order valence-electron chi connectivity index (χ0n) is 7.96. The van der Waals surface area contributed by atoms with Crippen molar-refractivity contribution in [2.75, 3.05) is 6.67 Å². The van der Waals surface area contributed by atoms with Gasteiger partial charge in [0.25, 0.3) is 0 Å². The quantitative estimate of drug-likeness (QED) is 0.630. The van der Waals surface area contributed by atoms with Gasteiger partial charge in [-0.05, 0) is 19.4 Å². The van der Waals surface area contributed by atoms with E-state index in [-0.39, 0.29) is 30.7 Å². The van der Waals surface area contributed by atoms with Gasteiger partial charge < -0.3 is 5.32 Å². The highest BCUT2D eigenvalue weighted by molar-refractivity contribution is 5.85. The molecule has 0 saturated heterocycles. The summed E-state index contributed by atoms with van der Waals surface area (Å²) in [5, 5.41) is 2.51. The zero-order chi connectivity index (χ0) is 10.3. The molecule has 72 valence electrons. The van der Waals surface area contributed by atoms with Gasteiger partial charge in [-0.2, -0.15) is 0 Å². The summed E-state index contributed by atoms with van der Waals surface area (Å²) in [7, 11) is 0. The summed E-state index contributed by atoms with van der Waals surface area (Å²) in [4.78, 5) is 25.4. The molecule has 1 amide bonds. The van der Waals surface area contributed by atoms with Crippen LogP contribution in [-0.2, 0) is 9.59 Å². The Morgan fingerprint density at radius 2 is 2.23 bits per heavy atom. The van der Waals surface area contributed by atoms with Crippen molar-refractivity contribution in [3.05, 3.63) is 6.58 Å². The largest absolute Gasteiger partial charge is 0.336 e. The first-order valence-corrected chi connectivity index (χ1v) is 4.03. The molecule has 0 aromatic rings. The molecule has 0 rings (SSSR count). The van der Waals surface area contributed by atoms with Crippen LogP contribution in [0.15, 0.2) is 11.6 Å². The molecule has 1 unspecified atom stereocenters. The summed E-state index contributed by atoms with van der Waals surface area (Å²) in [6.45, 7) is 6.62. The van der Waals surface area contributed by atoms with E-state index in [1.54, 1.807) is 6.92 Å². The Kier molecular flexibility index (Phi) is 5.48. The summed E-state index contributed by atoms with van der Waals surface area (Å²) < 4.78 is 0. The van der Waals surface area contributed by atoms with E-state index in [2.05, 4.69) is 22.8 Å². The van der Waals surface area contributed by atoms with Crippen molar-refractivity contribution < 1.29 is 9.59 Å². The maximum Gasteiger partial charge on any atom is 0.222 e. The zero-order valence-corrected chi connectivity index (χ0v) is 7.96. The lowest BCUT2D eigenvalue weighted by Crippen LogP contribution is -2.26. The number of Topliss-reactive ketones (excluding diaryl/α,β-unsaturated/α-hetero) is 1. The molecule has 0 aromatic heterocycles. The van der Waals surface area contributed by atoms with Crippen LogP contribution in [0.2, 0.25) is 0 Å². The van der Waals surface area contributed by atoms with Gasteiger partial charge in [0, 0.05) is 12.3 Å². The van der Waals surface area contributed by atoms with Gasteiger partial charge in [-0.25, -0.2) is 4.99 Å². The molecular formula is C9H14N2O2. The van der Waals surface area contributed by atoms with E-state index in [1.807, 2.05) is 0 Å². The highest BCUT2D eigenvalue weighted by Gasteiger charge is 2.11.